The summed E-state index contributed by atoms with van der Waals surface area (Å²) >= 11 is 0. The lowest BCUT2D eigenvalue weighted by molar-refractivity contribution is 0.0988. The zero-order chi connectivity index (χ0) is 13.3. The average molecular weight is 267 g/mol. The lowest BCUT2D eigenvalue weighted by Gasteiger charge is -2.07. The van der Waals surface area contributed by atoms with Crippen LogP contribution in [-0.4, -0.2) is 20.2 Å². The monoisotopic (exact) mass is 267 g/mol. The van der Waals surface area contributed by atoms with Gasteiger partial charge in [0.05, 0.1) is 4.90 Å². The molecule has 18 heavy (non-hydrogen) atoms. The second-order valence-electron chi connectivity index (χ2n) is 4.75. The van der Waals surface area contributed by atoms with Crippen LogP contribution < -0.4 is 4.72 Å². The summed E-state index contributed by atoms with van der Waals surface area (Å²) in [5, 5.41) is 0. The van der Waals surface area contributed by atoms with Gasteiger partial charge in [-0.3, -0.25) is 4.79 Å². The van der Waals surface area contributed by atoms with Crippen molar-refractivity contribution in [2.45, 2.75) is 37.6 Å². The highest BCUT2D eigenvalue weighted by Gasteiger charge is 2.36. The smallest absolute Gasteiger partial charge is 0.240 e. The van der Waals surface area contributed by atoms with Crippen molar-refractivity contribution in [2.75, 3.05) is 0 Å². The zero-order valence-corrected chi connectivity index (χ0v) is 11.3. The van der Waals surface area contributed by atoms with Crippen LogP contribution in [0.2, 0.25) is 0 Å². The molecule has 2 atom stereocenters. The minimum Gasteiger partial charge on any atom is -0.294 e. The molecule has 1 aliphatic carbocycles. The second-order valence-corrected chi connectivity index (χ2v) is 6.46. The van der Waals surface area contributed by atoms with Gasteiger partial charge in [0.15, 0.2) is 5.78 Å². The third-order valence-electron chi connectivity index (χ3n) is 3.20. The highest BCUT2D eigenvalue weighted by Crippen LogP contribution is 2.30. The predicted molar refractivity (Wildman–Crippen MR) is 69.0 cm³/mol. The van der Waals surface area contributed by atoms with Crippen molar-refractivity contribution in [3.05, 3.63) is 29.8 Å². The molecule has 2 unspecified atom stereocenters. The molecule has 4 nitrogen and oxygen atoms in total. The van der Waals surface area contributed by atoms with Gasteiger partial charge in [0.1, 0.15) is 0 Å². The first-order valence-corrected chi connectivity index (χ1v) is 7.58. The Bertz CT molecular complexity index is 565. The standard InChI is InChI=1S/C13H17NO3S/c1-3-13(15)10-5-4-6-11(8-10)18(16,17)14-12-7-9(12)2/h4-6,8-9,12,14H,3,7H2,1-2H3. The molecule has 5 heteroatoms. The largest absolute Gasteiger partial charge is 0.294 e. The van der Waals surface area contributed by atoms with Gasteiger partial charge < -0.3 is 0 Å². The van der Waals surface area contributed by atoms with Crippen molar-refractivity contribution in [2.24, 2.45) is 5.92 Å². The van der Waals surface area contributed by atoms with Gasteiger partial charge in [0.2, 0.25) is 10.0 Å². The number of rotatable bonds is 5. The van der Waals surface area contributed by atoms with Crippen molar-refractivity contribution >= 4 is 15.8 Å². The fourth-order valence-corrected chi connectivity index (χ4v) is 3.20. The number of nitrogens with one attached hydrogen (secondary N) is 1. The van der Waals surface area contributed by atoms with Crippen molar-refractivity contribution in [3.8, 4) is 0 Å². The van der Waals surface area contributed by atoms with E-state index in [-0.39, 0.29) is 16.7 Å². The van der Waals surface area contributed by atoms with Crippen LogP contribution >= 0.6 is 0 Å². The number of hydrogen-bond donors (Lipinski definition) is 1. The van der Waals surface area contributed by atoms with E-state index >= 15 is 0 Å². The van der Waals surface area contributed by atoms with Gasteiger partial charge in [-0.25, -0.2) is 13.1 Å². The maximum atomic E-state index is 12.1. The lowest BCUT2D eigenvalue weighted by Crippen LogP contribution is -2.27. The van der Waals surface area contributed by atoms with E-state index in [4.69, 9.17) is 0 Å². The summed E-state index contributed by atoms with van der Waals surface area (Å²) in [7, 11) is -3.50. The number of carbonyl (C=O) groups is 1. The van der Waals surface area contributed by atoms with Crippen LogP contribution in [0.3, 0.4) is 0 Å². The Hall–Kier alpha value is -1.20. The van der Waals surface area contributed by atoms with E-state index < -0.39 is 10.0 Å². The molecule has 0 bridgehead atoms. The molecule has 2 rings (SSSR count). The van der Waals surface area contributed by atoms with Crippen molar-refractivity contribution in [1.29, 1.82) is 0 Å². The van der Waals surface area contributed by atoms with Gasteiger partial charge in [-0.1, -0.05) is 26.0 Å². The molecule has 1 saturated carbocycles. The Labute approximate surface area is 107 Å². The van der Waals surface area contributed by atoms with E-state index in [0.717, 1.165) is 6.42 Å². The van der Waals surface area contributed by atoms with E-state index in [9.17, 15) is 13.2 Å². The minimum atomic E-state index is -3.50. The molecule has 0 radical (unpaired) electrons. The number of benzene rings is 1. The van der Waals surface area contributed by atoms with Crippen LogP contribution in [0.5, 0.6) is 0 Å². The molecule has 1 N–H and O–H groups in total. The Balaban J connectivity index is 2.24. The molecule has 0 spiro atoms. The second kappa shape index (κ2) is 4.82. The van der Waals surface area contributed by atoms with Crippen LogP contribution in [0, 0.1) is 5.92 Å². The highest BCUT2D eigenvalue weighted by atomic mass is 32.2. The zero-order valence-electron chi connectivity index (χ0n) is 10.5. The molecular weight excluding hydrogens is 250 g/mol. The van der Waals surface area contributed by atoms with Crippen molar-refractivity contribution < 1.29 is 13.2 Å². The maximum absolute atomic E-state index is 12.1. The summed E-state index contributed by atoms with van der Waals surface area (Å²) in [6.45, 7) is 3.76. The molecular formula is C13H17NO3S. The molecule has 0 aromatic heterocycles. The normalized spacial score (nSPS) is 22.8. The first kappa shape index (κ1) is 13.2. The Morgan fingerprint density at radius 2 is 2.11 bits per heavy atom. The first-order chi connectivity index (χ1) is 8.44. The lowest BCUT2D eigenvalue weighted by atomic mass is 10.1. The van der Waals surface area contributed by atoms with Gasteiger partial charge in [-0.15, -0.1) is 0 Å². The van der Waals surface area contributed by atoms with Gasteiger partial charge in [0, 0.05) is 18.0 Å². The quantitative estimate of drug-likeness (QED) is 0.830. The van der Waals surface area contributed by atoms with Crippen molar-refractivity contribution in [3.63, 3.8) is 0 Å². The topological polar surface area (TPSA) is 63.2 Å². The molecule has 1 fully saturated rings. The summed E-state index contributed by atoms with van der Waals surface area (Å²) in [6.07, 6.45) is 1.25. The molecule has 1 aromatic rings. The Morgan fingerprint density at radius 3 is 2.67 bits per heavy atom. The highest BCUT2D eigenvalue weighted by molar-refractivity contribution is 7.89. The van der Waals surface area contributed by atoms with E-state index in [2.05, 4.69) is 4.72 Å². The fourth-order valence-electron chi connectivity index (χ4n) is 1.79. The van der Waals surface area contributed by atoms with Crippen LogP contribution in [0.25, 0.3) is 0 Å². The molecule has 0 aliphatic heterocycles. The predicted octanol–water partition coefficient (Wildman–Crippen LogP) is 1.97. The van der Waals surface area contributed by atoms with Crippen LogP contribution in [0.15, 0.2) is 29.2 Å². The van der Waals surface area contributed by atoms with E-state index in [1.165, 1.54) is 12.1 Å². The van der Waals surface area contributed by atoms with Gasteiger partial charge in [-0.05, 0) is 24.5 Å². The number of hydrogen-bond acceptors (Lipinski definition) is 3. The molecule has 98 valence electrons. The SMILES string of the molecule is CCC(=O)c1cccc(S(=O)(=O)NC2CC2C)c1. The minimum absolute atomic E-state index is 0.0422. The van der Waals surface area contributed by atoms with Crippen molar-refractivity contribution in [1.82, 2.24) is 4.72 Å². The van der Waals surface area contributed by atoms with E-state index in [1.54, 1.807) is 19.1 Å². The summed E-state index contributed by atoms with van der Waals surface area (Å²) in [5.74, 6) is 0.354. The van der Waals surface area contributed by atoms with Gasteiger partial charge in [-0.2, -0.15) is 0 Å². The van der Waals surface area contributed by atoms with Crippen LogP contribution in [0.1, 0.15) is 37.0 Å². The van der Waals surface area contributed by atoms with E-state index in [1.807, 2.05) is 6.92 Å². The third kappa shape index (κ3) is 2.79. The number of Topliss-reactive ketones (excluding diaryl/α,β-unsaturated/α-hetero) is 1. The van der Waals surface area contributed by atoms with E-state index in [0.29, 0.717) is 17.9 Å². The molecule has 0 amide bonds. The van der Waals surface area contributed by atoms with Crippen LogP contribution in [0.4, 0.5) is 0 Å². The summed E-state index contributed by atoms with van der Waals surface area (Å²) in [6, 6.07) is 6.25. The van der Waals surface area contributed by atoms with Gasteiger partial charge >= 0.3 is 0 Å². The molecule has 0 heterocycles. The van der Waals surface area contributed by atoms with Crippen LogP contribution in [-0.2, 0) is 10.0 Å². The Kier molecular flexibility index (Phi) is 3.54. The molecule has 1 aliphatic rings. The number of ketones is 1. The van der Waals surface area contributed by atoms with Gasteiger partial charge in [0.25, 0.3) is 0 Å². The first-order valence-electron chi connectivity index (χ1n) is 6.09. The maximum Gasteiger partial charge on any atom is 0.240 e. The Morgan fingerprint density at radius 1 is 1.44 bits per heavy atom. The summed E-state index contributed by atoms with van der Waals surface area (Å²) in [4.78, 5) is 11.7. The number of sulfonamides is 1. The fraction of sp³-hybridized carbons (Fsp3) is 0.462. The average Bonchev–Trinajstić information content (AvgIpc) is 3.03. The molecule has 1 aromatic carbocycles. The third-order valence-corrected chi connectivity index (χ3v) is 4.69. The summed E-state index contributed by atoms with van der Waals surface area (Å²) in [5.41, 5.74) is 0.448. The number of carbonyl (C=O) groups excluding carboxylic acids is 1. The molecule has 0 saturated heterocycles. The summed E-state index contributed by atoms with van der Waals surface area (Å²) < 4.78 is 26.8.